The minimum Gasteiger partial charge on any atom is -0.504 e. The number of phenols is 1. The number of thioether (sulfide) groups is 1. The van der Waals surface area contributed by atoms with E-state index >= 15 is 0 Å². The number of benzene rings is 1. The maximum absolute atomic E-state index is 12.5. The highest BCUT2D eigenvalue weighted by molar-refractivity contribution is 8.15. The molecular formula is C17H18N2O5S. The molecule has 2 aliphatic heterocycles. The van der Waals surface area contributed by atoms with Crippen LogP contribution in [0, 0.1) is 0 Å². The third-order valence-corrected chi connectivity index (χ3v) is 4.94. The number of hydrogen-bond acceptors (Lipinski definition) is 7. The van der Waals surface area contributed by atoms with Gasteiger partial charge in [-0.15, -0.1) is 0 Å². The van der Waals surface area contributed by atoms with Gasteiger partial charge in [-0.05, 0) is 31.5 Å². The van der Waals surface area contributed by atoms with Crippen LogP contribution in [-0.4, -0.2) is 46.5 Å². The first-order valence-corrected chi connectivity index (χ1v) is 8.74. The molecule has 0 saturated carbocycles. The predicted octanol–water partition coefficient (Wildman–Crippen LogP) is 2.22. The van der Waals surface area contributed by atoms with E-state index in [-0.39, 0.29) is 29.8 Å². The summed E-state index contributed by atoms with van der Waals surface area (Å²) in [4.78, 5) is 30.9. The van der Waals surface area contributed by atoms with Crippen molar-refractivity contribution >= 4 is 28.8 Å². The second kappa shape index (κ2) is 6.79. The molecule has 0 aliphatic carbocycles. The first-order valence-electron chi connectivity index (χ1n) is 7.76. The molecule has 1 atom stereocenters. The first kappa shape index (κ1) is 17.3. The Balaban J connectivity index is 2.16. The highest BCUT2D eigenvalue weighted by Crippen LogP contribution is 2.42. The second-order valence-electron chi connectivity index (χ2n) is 5.50. The molecule has 1 amide bonds. The molecule has 1 N–H and O–H groups in total. The number of methoxy groups -OCH3 is 1. The van der Waals surface area contributed by atoms with Crippen molar-refractivity contribution in [3.8, 4) is 11.5 Å². The number of nitrogens with zero attached hydrogens (tertiary/aromatic N) is 2. The van der Waals surface area contributed by atoms with Crippen molar-refractivity contribution < 1.29 is 24.2 Å². The van der Waals surface area contributed by atoms with Gasteiger partial charge in [0.05, 0.1) is 36.8 Å². The van der Waals surface area contributed by atoms with Crippen LogP contribution in [0.25, 0.3) is 0 Å². The number of hydrogen-bond donors (Lipinski definition) is 1. The summed E-state index contributed by atoms with van der Waals surface area (Å²) < 4.78 is 10.3. The van der Waals surface area contributed by atoms with E-state index in [9.17, 15) is 14.7 Å². The number of phenolic OH excluding ortho intramolecular Hbond substituents is 1. The second-order valence-corrected chi connectivity index (χ2v) is 6.44. The molecule has 0 spiro atoms. The summed E-state index contributed by atoms with van der Waals surface area (Å²) in [6.45, 7) is 3.67. The topological polar surface area (TPSA) is 88.4 Å². The number of amidine groups is 1. The molecule has 8 heteroatoms. The molecule has 132 valence electrons. The monoisotopic (exact) mass is 362 g/mol. The number of esters is 1. The number of allylic oxidation sites excluding steroid dienone is 1. The van der Waals surface area contributed by atoms with Crippen molar-refractivity contribution in [2.24, 2.45) is 4.99 Å². The Labute approximate surface area is 149 Å². The Kier molecular flexibility index (Phi) is 4.71. The van der Waals surface area contributed by atoms with Crippen LogP contribution in [0.5, 0.6) is 11.5 Å². The van der Waals surface area contributed by atoms with Crippen LogP contribution >= 0.6 is 11.8 Å². The van der Waals surface area contributed by atoms with Gasteiger partial charge < -0.3 is 14.6 Å². The predicted molar refractivity (Wildman–Crippen MR) is 93.5 cm³/mol. The summed E-state index contributed by atoms with van der Waals surface area (Å²) >= 11 is 1.34. The summed E-state index contributed by atoms with van der Waals surface area (Å²) in [7, 11) is 1.44. The zero-order chi connectivity index (χ0) is 18.1. The van der Waals surface area contributed by atoms with E-state index in [4.69, 9.17) is 9.47 Å². The minimum absolute atomic E-state index is 0.0172. The van der Waals surface area contributed by atoms with Crippen molar-refractivity contribution in [2.75, 3.05) is 19.5 Å². The van der Waals surface area contributed by atoms with Crippen LogP contribution in [-0.2, 0) is 14.3 Å². The number of aliphatic imine (C=N–C) groups is 1. The lowest BCUT2D eigenvalue weighted by Crippen LogP contribution is -2.39. The SMILES string of the molecule is CCOC(=O)C1=C(C)N=C2SCC(=O)N2[C@H]1c1ccc(O)c(OC)c1. The molecular weight excluding hydrogens is 344 g/mol. The zero-order valence-electron chi connectivity index (χ0n) is 14.1. The fourth-order valence-electron chi connectivity index (χ4n) is 2.89. The molecule has 1 aromatic carbocycles. The van der Waals surface area contributed by atoms with Gasteiger partial charge >= 0.3 is 5.97 Å². The summed E-state index contributed by atoms with van der Waals surface area (Å²) in [5.41, 5.74) is 1.47. The van der Waals surface area contributed by atoms with Crippen LogP contribution in [0.2, 0.25) is 0 Å². The van der Waals surface area contributed by atoms with Crippen molar-refractivity contribution in [2.45, 2.75) is 19.9 Å². The average Bonchev–Trinajstić information content (AvgIpc) is 2.95. The molecule has 2 aliphatic rings. The third-order valence-electron chi connectivity index (χ3n) is 4.00. The number of ether oxygens (including phenoxy) is 2. The summed E-state index contributed by atoms with van der Waals surface area (Å²) in [6, 6.07) is 4.09. The van der Waals surface area contributed by atoms with E-state index in [0.717, 1.165) is 0 Å². The number of rotatable bonds is 4. The van der Waals surface area contributed by atoms with Gasteiger partial charge in [-0.1, -0.05) is 17.8 Å². The van der Waals surface area contributed by atoms with Crippen molar-refractivity contribution in [3.05, 3.63) is 35.0 Å². The Morgan fingerprint density at radius 3 is 2.92 bits per heavy atom. The van der Waals surface area contributed by atoms with Crippen LogP contribution < -0.4 is 4.74 Å². The normalized spacial score (nSPS) is 19.6. The molecule has 1 saturated heterocycles. The fourth-order valence-corrected chi connectivity index (χ4v) is 3.83. The van der Waals surface area contributed by atoms with Gasteiger partial charge in [0.2, 0.25) is 5.91 Å². The molecule has 3 rings (SSSR count). The average molecular weight is 362 g/mol. The highest BCUT2D eigenvalue weighted by atomic mass is 32.2. The lowest BCUT2D eigenvalue weighted by molar-refractivity contribution is -0.139. The van der Waals surface area contributed by atoms with Gasteiger partial charge in [0, 0.05) is 0 Å². The van der Waals surface area contributed by atoms with E-state index in [1.54, 1.807) is 26.0 Å². The van der Waals surface area contributed by atoms with Gasteiger partial charge in [0.15, 0.2) is 16.7 Å². The van der Waals surface area contributed by atoms with E-state index < -0.39 is 12.0 Å². The van der Waals surface area contributed by atoms with Crippen LogP contribution in [0.4, 0.5) is 0 Å². The van der Waals surface area contributed by atoms with Crippen LogP contribution in [0.1, 0.15) is 25.5 Å². The molecule has 25 heavy (non-hydrogen) atoms. The molecule has 0 radical (unpaired) electrons. The summed E-state index contributed by atoms with van der Waals surface area (Å²) in [5, 5.41) is 10.4. The molecule has 0 aromatic heterocycles. The number of aromatic hydroxyl groups is 1. The maximum atomic E-state index is 12.5. The number of carbonyl (C=O) groups is 2. The number of carbonyl (C=O) groups excluding carboxylic acids is 2. The Morgan fingerprint density at radius 2 is 2.24 bits per heavy atom. The summed E-state index contributed by atoms with van der Waals surface area (Å²) in [6.07, 6.45) is 0. The van der Waals surface area contributed by atoms with E-state index in [1.807, 2.05) is 0 Å². The van der Waals surface area contributed by atoms with E-state index in [1.165, 1.54) is 29.8 Å². The van der Waals surface area contributed by atoms with E-state index in [0.29, 0.717) is 22.0 Å². The summed E-state index contributed by atoms with van der Waals surface area (Å²) in [5.74, 6) is -0.119. The maximum Gasteiger partial charge on any atom is 0.338 e. The van der Waals surface area contributed by atoms with Gasteiger partial charge in [0.1, 0.15) is 0 Å². The van der Waals surface area contributed by atoms with Crippen LogP contribution in [0.15, 0.2) is 34.5 Å². The van der Waals surface area contributed by atoms with Gasteiger partial charge in [-0.2, -0.15) is 0 Å². The Hall–Kier alpha value is -2.48. The third kappa shape index (κ3) is 2.97. The molecule has 7 nitrogen and oxygen atoms in total. The lowest BCUT2D eigenvalue weighted by atomic mass is 9.94. The lowest BCUT2D eigenvalue weighted by Gasteiger charge is -2.33. The van der Waals surface area contributed by atoms with E-state index in [2.05, 4.69) is 4.99 Å². The molecule has 0 unspecified atom stereocenters. The van der Waals surface area contributed by atoms with Gasteiger partial charge in [0.25, 0.3) is 0 Å². The minimum atomic E-state index is -0.663. The quantitative estimate of drug-likeness (QED) is 0.827. The number of fused-ring (bicyclic) bond motifs is 1. The fraction of sp³-hybridized carbons (Fsp3) is 0.353. The first-order chi connectivity index (χ1) is 12.0. The largest absolute Gasteiger partial charge is 0.504 e. The molecule has 1 aromatic rings. The smallest absolute Gasteiger partial charge is 0.338 e. The standard InChI is InChI=1S/C17H18N2O5S/c1-4-24-16(22)14-9(2)18-17-19(13(21)8-25-17)15(14)10-5-6-11(20)12(7-10)23-3/h5-7,15,20H,4,8H2,1-3H3/t15-/m0/s1. The Bertz CT molecular complexity index is 802. The molecule has 0 bridgehead atoms. The van der Waals surface area contributed by atoms with Crippen molar-refractivity contribution in [1.82, 2.24) is 4.90 Å². The van der Waals surface area contributed by atoms with Gasteiger partial charge in [-0.3, -0.25) is 9.69 Å². The van der Waals surface area contributed by atoms with Crippen molar-refractivity contribution in [3.63, 3.8) is 0 Å². The molecule has 1 fully saturated rings. The highest BCUT2D eigenvalue weighted by Gasteiger charge is 2.43. The Morgan fingerprint density at radius 1 is 1.48 bits per heavy atom. The van der Waals surface area contributed by atoms with Gasteiger partial charge in [-0.25, -0.2) is 9.79 Å². The zero-order valence-corrected chi connectivity index (χ0v) is 14.9. The molecule has 2 heterocycles. The number of amides is 1. The van der Waals surface area contributed by atoms with Crippen LogP contribution in [0.3, 0.4) is 0 Å². The van der Waals surface area contributed by atoms with Crippen molar-refractivity contribution in [1.29, 1.82) is 0 Å².